The molecule has 0 aliphatic carbocycles. The van der Waals surface area contributed by atoms with Crippen LogP contribution < -0.4 is 4.74 Å². The lowest BCUT2D eigenvalue weighted by Crippen LogP contribution is -2.14. The van der Waals surface area contributed by atoms with Crippen LogP contribution in [0.3, 0.4) is 0 Å². The monoisotopic (exact) mass is 453 g/mol. The predicted molar refractivity (Wildman–Crippen MR) is 94.8 cm³/mol. The number of nitrogens with zero attached hydrogens (tertiary/aromatic N) is 1. The lowest BCUT2D eigenvalue weighted by molar-refractivity contribution is -0.385. The molecule has 0 aliphatic rings. The van der Waals surface area contributed by atoms with Gasteiger partial charge in [0.15, 0.2) is 15.8 Å². The summed E-state index contributed by atoms with van der Waals surface area (Å²) in [7, 11) is -3.69. The van der Waals surface area contributed by atoms with E-state index in [2.05, 4.69) is 4.74 Å². The molecule has 8 nitrogen and oxygen atoms in total. The highest BCUT2D eigenvalue weighted by atomic mass is 35.5. The molecule has 13 heteroatoms. The van der Waals surface area contributed by atoms with E-state index >= 15 is 0 Å². The summed E-state index contributed by atoms with van der Waals surface area (Å²) in [5.41, 5.74) is -2.31. The summed E-state index contributed by atoms with van der Waals surface area (Å²) in [6.07, 6.45) is -3.83. The minimum atomic E-state index is -4.62. The van der Waals surface area contributed by atoms with Crippen LogP contribution in [-0.2, 0) is 20.8 Å². The van der Waals surface area contributed by atoms with Gasteiger partial charge < -0.3 is 9.47 Å². The second-order valence-corrected chi connectivity index (χ2v) is 8.15. The molecule has 0 saturated carbocycles. The summed E-state index contributed by atoms with van der Waals surface area (Å²) in [4.78, 5) is 22.2. The van der Waals surface area contributed by atoms with E-state index in [9.17, 15) is 36.5 Å². The van der Waals surface area contributed by atoms with Gasteiger partial charge in [-0.2, -0.15) is 13.2 Å². The SMILES string of the molecule is CS(=O)(=O)COC(=O)c1cc(Oc2ccc(C(F)(F)F)cc2Cl)ccc1[N+](=O)[O-]. The predicted octanol–water partition coefficient (Wildman–Crippen LogP) is 4.22. The van der Waals surface area contributed by atoms with E-state index in [4.69, 9.17) is 16.3 Å². The first-order valence-electron chi connectivity index (χ1n) is 7.46. The Morgan fingerprint density at radius 1 is 1.21 bits per heavy atom. The molecule has 2 aromatic rings. The molecule has 0 aliphatic heterocycles. The Hall–Kier alpha value is -2.86. The number of carbonyl (C=O) groups is 1. The zero-order valence-corrected chi connectivity index (χ0v) is 16.0. The van der Waals surface area contributed by atoms with Gasteiger partial charge in [0.05, 0.1) is 15.5 Å². The van der Waals surface area contributed by atoms with Crippen LogP contribution in [0.2, 0.25) is 5.02 Å². The first kappa shape index (κ1) is 22.4. The number of hydrogen-bond acceptors (Lipinski definition) is 7. The molecule has 2 rings (SSSR count). The molecule has 0 atom stereocenters. The summed E-state index contributed by atoms with van der Waals surface area (Å²) < 4.78 is 70.1. The van der Waals surface area contributed by atoms with Crippen LogP contribution in [0.1, 0.15) is 15.9 Å². The Kier molecular flexibility index (Phi) is 6.38. The molecule has 29 heavy (non-hydrogen) atoms. The Morgan fingerprint density at radius 2 is 1.86 bits per heavy atom. The van der Waals surface area contributed by atoms with Gasteiger partial charge in [0.2, 0.25) is 0 Å². The van der Waals surface area contributed by atoms with Crippen LogP contribution >= 0.6 is 11.6 Å². The number of hydrogen-bond donors (Lipinski definition) is 0. The average Bonchev–Trinajstić information content (AvgIpc) is 2.59. The van der Waals surface area contributed by atoms with E-state index in [1.54, 1.807) is 0 Å². The number of ether oxygens (including phenoxy) is 2. The molecule has 0 unspecified atom stereocenters. The number of carbonyl (C=O) groups excluding carboxylic acids is 1. The molecule has 0 heterocycles. The molecule has 0 amide bonds. The fraction of sp³-hybridized carbons (Fsp3) is 0.188. The van der Waals surface area contributed by atoms with E-state index < -0.39 is 49.7 Å². The molecule has 0 spiro atoms. The Labute approximate surface area is 166 Å². The number of alkyl halides is 3. The summed E-state index contributed by atoms with van der Waals surface area (Å²) in [5, 5.41) is 10.7. The van der Waals surface area contributed by atoms with Crippen LogP contribution in [-0.4, -0.2) is 31.5 Å². The Bertz CT molecular complexity index is 1070. The minimum Gasteiger partial charge on any atom is -0.456 e. The zero-order valence-electron chi connectivity index (χ0n) is 14.4. The van der Waals surface area contributed by atoms with Crippen LogP contribution in [0.5, 0.6) is 11.5 Å². The number of benzene rings is 2. The zero-order chi connectivity index (χ0) is 22.0. The van der Waals surface area contributed by atoms with Gasteiger partial charge in [0, 0.05) is 18.4 Å². The molecule has 0 fully saturated rings. The van der Waals surface area contributed by atoms with Gasteiger partial charge in [0.1, 0.15) is 17.1 Å². The average molecular weight is 454 g/mol. The van der Waals surface area contributed by atoms with Crippen molar-refractivity contribution in [3.63, 3.8) is 0 Å². The Morgan fingerprint density at radius 3 is 2.38 bits per heavy atom. The van der Waals surface area contributed by atoms with Crippen molar-refractivity contribution in [2.24, 2.45) is 0 Å². The lowest BCUT2D eigenvalue weighted by atomic mass is 10.1. The van der Waals surface area contributed by atoms with Gasteiger partial charge >= 0.3 is 12.1 Å². The van der Waals surface area contributed by atoms with Crippen molar-refractivity contribution < 1.29 is 40.8 Å². The van der Waals surface area contributed by atoms with E-state index in [0.29, 0.717) is 12.1 Å². The van der Waals surface area contributed by atoms with Crippen molar-refractivity contribution in [2.45, 2.75) is 6.18 Å². The minimum absolute atomic E-state index is 0.177. The number of nitro benzene ring substituents is 1. The lowest BCUT2D eigenvalue weighted by Gasteiger charge is -2.12. The summed E-state index contributed by atoms with van der Waals surface area (Å²) in [6, 6.07) is 5.15. The fourth-order valence-electron chi connectivity index (χ4n) is 2.03. The smallest absolute Gasteiger partial charge is 0.416 e. The number of nitro groups is 1. The van der Waals surface area contributed by atoms with Gasteiger partial charge in [-0.25, -0.2) is 13.2 Å². The third-order valence-corrected chi connectivity index (χ3v) is 4.12. The molecular formula is C16H11ClF3NO7S. The quantitative estimate of drug-likeness (QED) is 0.365. The number of rotatable bonds is 6. The van der Waals surface area contributed by atoms with Gasteiger partial charge in [-0.3, -0.25) is 10.1 Å². The highest BCUT2D eigenvalue weighted by molar-refractivity contribution is 7.90. The third kappa shape index (κ3) is 6.06. The van der Waals surface area contributed by atoms with Crippen LogP contribution in [0.4, 0.5) is 18.9 Å². The molecule has 2 aromatic carbocycles. The summed E-state index contributed by atoms with van der Waals surface area (Å²) in [5.74, 6) is -2.68. The van der Waals surface area contributed by atoms with Crippen molar-refractivity contribution in [2.75, 3.05) is 12.2 Å². The number of esters is 1. The van der Waals surface area contributed by atoms with Crippen molar-refractivity contribution in [1.29, 1.82) is 0 Å². The van der Waals surface area contributed by atoms with Crippen molar-refractivity contribution in [1.82, 2.24) is 0 Å². The fourth-order valence-corrected chi connectivity index (χ4v) is 2.57. The topological polar surface area (TPSA) is 113 Å². The maximum atomic E-state index is 12.7. The van der Waals surface area contributed by atoms with E-state index in [-0.39, 0.29) is 16.5 Å². The number of sulfone groups is 1. The van der Waals surface area contributed by atoms with E-state index in [1.165, 1.54) is 0 Å². The largest absolute Gasteiger partial charge is 0.456 e. The van der Waals surface area contributed by atoms with E-state index in [1.807, 2.05) is 0 Å². The van der Waals surface area contributed by atoms with Gasteiger partial charge in [0.25, 0.3) is 5.69 Å². The van der Waals surface area contributed by atoms with Crippen LogP contribution in [0.25, 0.3) is 0 Å². The molecule has 156 valence electrons. The summed E-state index contributed by atoms with van der Waals surface area (Å²) in [6.45, 7) is 0. The van der Waals surface area contributed by atoms with Crippen molar-refractivity contribution in [3.8, 4) is 11.5 Å². The van der Waals surface area contributed by atoms with Crippen LogP contribution in [0, 0.1) is 10.1 Å². The maximum absolute atomic E-state index is 12.7. The van der Waals surface area contributed by atoms with Gasteiger partial charge in [-0.15, -0.1) is 0 Å². The number of halogens is 4. The molecule has 0 aromatic heterocycles. The third-order valence-electron chi connectivity index (χ3n) is 3.28. The van der Waals surface area contributed by atoms with Gasteiger partial charge in [-0.1, -0.05) is 11.6 Å². The van der Waals surface area contributed by atoms with Crippen molar-refractivity contribution >= 4 is 33.1 Å². The molecule has 0 bridgehead atoms. The summed E-state index contributed by atoms with van der Waals surface area (Å²) >= 11 is 5.78. The molecule has 0 saturated heterocycles. The first-order valence-corrected chi connectivity index (χ1v) is 9.89. The second-order valence-electron chi connectivity index (χ2n) is 5.66. The maximum Gasteiger partial charge on any atom is 0.416 e. The van der Waals surface area contributed by atoms with E-state index in [0.717, 1.165) is 30.5 Å². The van der Waals surface area contributed by atoms with Gasteiger partial charge in [-0.05, 0) is 24.3 Å². The Balaban J connectivity index is 2.35. The standard InChI is InChI=1S/C16H11ClF3NO7S/c1-29(25,26)8-27-15(22)11-7-10(3-4-13(11)21(23)24)28-14-5-2-9(6-12(14)17)16(18,19)20/h2-7H,8H2,1H3. The second kappa shape index (κ2) is 8.25. The highest BCUT2D eigenvalue weighted by Crippen LogP contribution is 2.37. The normalized spacial score (nSPS) is 11.8. The molecular weight excluding hydrogens is 443 g/mol. The van der Waals surface area contributed by atoms with Crippen molar-refractivity contribution in [3.05, 3.63) is 62.7 Å². The van der Waals surface area contributed by atoms with Crippen LogP contribution in [0.15, 0.2) is 36.4 Å². The highest BCUT2D eigenvalue weighted by Gasteiger charge is 2.31. The first-order chi connectivity index (χ1) is 13.3. The molecule has 0 radical (unpaired) electrons. The molecule has 0 N–H and O–H groups in total.